The highest BCUT2D eigenvalue weighted by Crippen LogP contribution is 2.43. The average molecular weight is 155 g/mol. The lowest BCUT2D eigenvalue weighted by molar-refractivity contribution is 0.364. The molecule has 60 valence electrons. The molecule has 1 saturated carbocycles. The lowest BCUT2D eigenvalue weighted by atomic mass is 10.2. The van der Waals surface area contributed by atoms with Gasteiger partial charge in [0.15, 0.2) is 0 Å². The summed E-state index contributed by atoms with van der Waals surface area (Å²) in [5.74, 6) is 0.720. The average Bonchev–Trinajstić information content (AvgIpc) is 2.59. The summed E-state index contributed by atoms with van der Waals surface area (Å²) in [6.07, 6.45) is 0.776. The standard InChI is InChI=1S/C8H10FNO/c1-2-5-3-8(11-10-5)6-4-7(6)9/h3,6-7H,2,4H2,1H3/t6-,7-/m1/s1. The topological polar surface area (TPSA) is 26.0 Å². The van der Waals surface area contributed by atoms with E-state index in [0.29, 0.717) is 12.2 Å². The van der Waals surface area contributed by atoms with E-state index in [0.717, 1.165) is 12.1 Å². The maximum absolute atomic E-state index is 12.5. The van der Waals surface area contributed by atoms with Gasteiger partial charge in [-0.15, -0.1) is 0 Å². The normalized spacial score (nSPS) is 28.9. The van der Waals surface area contributed by atoms with E-state index < -0.39 is 6.17 Å². The van der Waals surface area contributed by atoms with E-state index >= 15 is 0 Å². The highest BCUT2D eigenvalue weighted by atomic mass is 19.1. The molecular weight excluding hydrogens is 145 g/mol. The van der Waals surface area contributed by atoms with E-state index in [1.807, 2.05) is 13.0 Å². The lowest BCUT2D eigenvalue weighted by Crippen LogP contribution is -1.77. The Morgan fingerprint density at radius 1 is 1.82 bits per heavy atom. The van der Waals surface area contributed by atoms with E-state index in [4.69, 9.17) is 4.52 Å². The van der Waals surface area contributed by atoms with Crippen LogP contribution in [0.2, 0.25) is 0 Å². The van der Waals surface area contributed by atoms with Crippen LogP contribution < -0.4 is 0 Å². The summed E-state index contributed by atoms with van der Waals surface area (Å²) in [6, 6.07) is 1.85. The van der Waals surface area contributed by atoms with E-state index in [2.05, 4.69) is 5.16 Å². The molecule has 1 aromatic heterocycles. The smallest absolute Gasteiger partial charge is 0.143 e. The second-order valence-electron chi connectivity index (χ2n) is 2.93. The van der Waals surface area contributed by atoms with Crippen molar-refractivity contribution in [2.24, 2.45) is 0 Å². The van der Waals surface area contributed by atoms with Gasteiger partial charge in [-0.1, -0.05) is 12.1 Å². The van der Waals surface area contributed by atoms with Gasteiger partial charge in [-0.3, -0.25) is 0 Å². The van der Waals surface area contributed by atoms with Crippen LogP contribution >= 0.6 is 0 Å². The Morgan fingerprint density at radius 2 is 2.55 bits per heavy atom. The van der Waals surface area contributed by atoms with Gasteiger partial charge in [-0.2, -0.15) is 0 Å². The Balaban J connectivity index is 2.13. The van der Waals surface area contributed by atoms with Crippen molar-refractivity contribution in [3.8, 4) is 0 Å². The van der Waals surface area contributed by atoms with Crippen LogP contribution in [0.4, 0.5) is 4.39 Å². The van der Waals surface area contributed by atoms with Crippen molar-refractivity contribution in [3.05, 3.63) is 17.5 Å². The monoisotopic (exact) mass is 155 g/mol. The summed E-state index contributed by atoms with van der Waals surface area (Å²) in [4.78, 5) is 0. The second-order valence-corrected chi connectivity index (χ2v) is 2.93. The molecule has 3 heteroatoms. The summed E-state index contributed by atoms with van der Waals surface area (Å²) < 4.78 is 17.4. The van der Waals surface area contributed by atoms with Gasteiger partial charge in [0.05, 0.1) is 11.6 Å². The molecule has 0 N–H and O–H groups in total. The molecule has 2 atom stereocenters. The van der Waals surface area contributed by atoms with Crippen molar-refractivity contribution in [2.45, 2.75) is 31.9 Å². The minimum Gasteiger partial charge on any atom is -0.361 e. The largest absolute Gasteiger partial charge is 0.361 e. The molecule has 1 aliphatic rings. The Morgan fingerprint density at radius 3 is 3.00 bits per heavy atom. The molecule has 2 rings (SSSR count). The first kappa shape index (κ1) is 6.83. The van der Waals surface area contributed by atoms with Gasteiger partial charge >= 0.3 is 0 Å². The van der Waals surface area contributed by atoms with Crippen molar-refractivity contribution in [3.63, 3.8) is 0 Å². The Bertz CT molecular complexity index is 258. The lowest BCUT2D eigenvalue weighted by Gasteiger charge is -1.82. The third-order valence-electron chi connectivity index (χ3n) is 2.02. The van der Waals surface area contributed by atoms with Gasteiger partial charge in [-0.05, 0) is 12.8 Å². The summed E-state index contributed by atoms with van der Waals surface area (Å²) in [5, 5.41) is 3.79. The molecule has 2 nitrogen and oxygen atoms in total. The maximum atomic E-state index is 12.5. The Labute approximate surface area is 64.4 Å². The molecular formula is C8H10FNO. The van der Waals surface area contributed by atoms with Crippen LogP contribution in [-0.2, 0) is 6.42 Å². The van der Waals surface area contributed by atoms with Crippen molar-refractivity contribution < 1.29 is 8.91 Å². The molecule has 1 heterocycles. The fourth-order valence-corrected chi connectivity index (χ4v) is 1.13. The maximum Gasteiger partial charge on any atom is 0.143 e. The van der Waals surface area contributed by atoms with Gasteiger partial charge in [0.2, 0.25) is 0 Å². The zero-order chi connectivity index (χ0) is 7.84. The number of hydrogen-bond acceptors (Lipinski definition) is 2. The Kier molecular flexibility index (Phi) is 1.44. The number of hydrogen-bond donors (Lipinski definition) is 0. The van der Waals surface area contributed by atoms with Crippen LogP contribution in [0.5, 0.6) is 0 Å². The van der Waals surface area contributed by atoms with Gasteiger partial charge < -0.3 is 4.52 Å². The minimum atomic E-state index is -0.687. The summed E-state index contributed by atoms with van der Waals surface area (Å²) in [6.45, 7) is 2.00. The van der Waals surface area contributed by atoms with Gasteiger partial charge in [0, 0.05) is 6.07 Å². The molecule has 0 bridgehead atoms. The summed E-state index contributed by atoms with van der Waals surface area (Å²) >= 11 is 0. The van der Waals surface area contributed by atoms with Gasteiger partial charge in [-0.25, -0.2) is 4.39 Å². The molecule has 1 aromatic rings. The fourth-order valence-electron chi connectivity index (χ4n) is 1.13. The summed E-state index contributed by atoms with van der Waals surface area (Å²) in [5.41, 5.74) is 0.916. The number of nitrogens with zero attached hydrogens (tertiary/aromatic N) is 1. The van der Waals surface area contributed by atoms with E-state index in [1.54, 1.807) is 0 Å². The third-order valence-corrected chi connectivity index (χ3v) is 2.02. The second kappa shape index (κ2) is 2.32. The first-order valence-electron chi connectivity index (χ1n) is 3.91. The van der Waals surface area contributed by atoms with Crippen LogP contribution in [0.15, 0.2) is 10.6 Å². The number of aromatic nitrogens is 1. The fraction of sp³-hybridized carbons (Fsp3) is 0.625. The molecule has 1 aliphatic carbocycles. The minimum absolute atomic E-state index is 0.00259. The van der Waals surface area contributed by atoms with Crippen molar-refractivity contribution in [1.82, 2.24) is 5.16 Å². The zero-order valence-electron chi connectivity index (χ0n) is 6.38. The number of alkyl halides is 1. The van der Waals surface area contributed by atoms with E-state index in [1.165, 1.54) is 0 Å². The predicted octanol–water partition coefficient (Wildman–Crippen LogP) is 2.06. The van der Waals surface area contributed by atoms with Gasteiger partial charge in [0.1, 0.15) is 11.9 Å². The molecule has 0 aromatic carbocycles. The zero-order valence-corrected chi connectivity index (χ0v) is 6.38. The molecule has 1 fully saturated rings. The number of halogens is 1. The highest BCUT2D eigenvalue weighted by molar-refractivity contribution is 5.18. The predicted molar refractivity (Wildman–Crippen MR) is 38.1 cm³/mol. The van der Waals surface area contributed by atoms with Crippen molar-refractivity contribution in [2.75, 3.05) is 0 Å². The molecule has 0 unspecified atom stereocenters. The van der Waals surface area contributed by atoms with Gasteiger partial charge in [0.25, 0.3) is 0 Å². The Hall–Kier alpha value is -0.860. The molecule has 0 amide bonds. The number of rotatable bonds is 2. The first-order chi connectivity index (χ1) is 5.31. The quantitative estimate of drug-likeness (QED) is 0.653. The molecule has 0 spiro atoms. The van der Waals surface area contributed by atoms with Crippen LogP contribution in [0.3, 0.4) is 0 Å². The van der Waals surface area contributed by atoms with E-state index in [-0.39, 0.29) is 5.92 Å². The van der Waals surface area contributed by atoms with Crippen molar-refractivity contribution in [1.29, 1.82) is 0 Å². The van der Waals surface area contributed by atoms with Crippen LogP contribution in [0, 0.1) is 0 Å². The number of aryl methyl sites for hydroxylation is 1. The van der Waals surface area contributed by atoms with Crippen LogP contribution in [0.25, 0.3) is 0 Å². The third kappa shape index (κ3) is 1.15. The van der Waals surface area contributed by atoms with Crippen LogP contribution in [-0.4, -0.2) is 11.3 Å². The van der Waals surface area contributed by atoms with Crippen LogP contribution in [0.1, 0.15) is 30.7 Å². The van der Waals surface area contributed by atoms with E-state index in [9.17, 15) is 4.39 Å². The summed E-state index contributed by atoms with van der Waals surface area (Å²) in [7, 11) is 0. The molecule has 11 heavy (non-hydrogen) atoms. The highest BCUT2D eigenvalue weighted by Gasteiger charge is 2.41. The SMILES string of the molecule is CCc1cc([C@@H]2C[C@H]2F)on1. The molecule has 0 radical (unpaired) electrons. The van der Waals surface area contributed by atoms with Crippen molar-refractivity contribution >= 4 is 0 Å². The first-order valence-corrected chi connectivity index (χ1v) is 3.91. The molecule has 0 aliphatic heterocycles. The molecule has 0 saturated heterocycles.